The molecule has 0 saturated heterocycles. The molecule has 0 aliphatic heterocycles. The molecule has 0 aromatic rings. The lowest BCUT2D eigenvalue weighted by molar-refractivity contribution is 1.14. The zero-order valence-corrected chi connectivity index (χ0v) is 5.33. The van der Waals surface area contributed by atoms with Gasteiger partial charge in [0.15, 0.2) is 0 Å². The average molecular weight is 118 g/mol. The normalized spacial score (nSPS) is 12.1. The van der Waals surface area contributed by atoms with Crippen molar-refractivity contribution in [2.75, 3.05) is 5.88 Å². The molecule has 0 spiro atoms. The van der Waals surface area contributed by atoms with Crippen molar-refractivity contribution in [3.05, 3.63) is 18.6 Å². The first-order valence-corrected chi connectivity index (χ1v) is 2.91. The van der Waals surface area contributed by atoms with Crippen LogP contribution in [0, 0.1) is 6.92 Å². The topological polar surface area (TPSA) is 0 Å². The minimum atomic E-state index is 0.590. The second-order valence-corrected chi connectivity index (χ2v) is 1.68. The fourth-order valence-electron chi connectivity index (χ4n) is 0.253. The van der Waals surface area contributed by atoms with Crippen molar-refractivity contribution in [2.24, 2.45) is 0 Å². The first-order valence-electron chi connectivity index (χ1n) is 2.38. The third-order valence-electron chi connectivity index (χ3n) is 0.820. The monoisotopic (exact) mass is 117 g/mol. The van der Waals surface area contributed by atoms with Gasteiger partial charge in [0.25, 0.3) is 0 Å². The largest absolute Gasteiger partial charge is 0.122 e. The van der Waals surface area contributed by atoms with E-state index in [0.29, 0.717) is 5.88 Å². The van der Waals surface area contributed by atoms with Crippen molar-refractivity contribution < 1.29 is 0 Å². The first-order chi connectivity index (χ1) is 3.31. The molecule has 0 heterocycles. The smallest absolute Gasteiger partial charge is 0.0406 e. The highest BCUT2D eigenvalue weighted by atomic mass is 35.5. The SMILES string of the molecule is [CH2]C(=CCCl)CC. The molecule has 0 saturated carbocycles. The van der Waals surface area contributed by atoms with E-state index in [1.807, 2.05) is 6.08 Å². The van der Waals surface area contributed by atoms with Crippen LogP contribution in [0.4, 0.5) is 0 Å². The molecule has 0 nitrogen and oxygen atoms in total. The maximum absolute atomic E-state index is 5.36. The molecule has 41 valence electrons. The molecule has 0 aromatic carbocycles. The Morgan fingerprint density at radius 1 is 1.86 bits per heavy atom. The van der Waals surface area contributed by atoms with E-state index < -0.39 is 0 Å². The molecule has 7 heavy (non-hydrogen) atoms. The van der Waals surface area contributed by atoms with Gasteiger partial charge in [-0.3, -0.25) is 0 Å². The molecule has 0 aromatic heterocycles. The van der Waals surface area contributed by atoms with Gasteiger partial charge in [0.05, 0.1) is 0 Å². The summed E-state index contributed by atoms with van der Waals surface area (Å²) >= 11 is 5.36. The van der Waals surface area contributed by atoms with Gasteiger partial charge >= 0.3 is 0 Å². The summed E-state index contributed by atoms with van der Waals surface area (Å²) < 4.78 is 0. The molecule has 0 amide bonds. The van der Waals surface area contributed by atoms with Gasteiger partial charge in [-0.1, -0.05) is 18.6 Å². The van der Waals surface area contributed by atoms with E-state index in [1.165, 1.54) is 0 Å². The average Bonchev–Trinajstić information content (AvgIpc) is 1.68. The van der Waals surface area contributed by atoms with E-state index in [4.69, 9.17) is 11.6 Å². The standard InChI is InChI=1S/C6H10Cl/c1-3-6(2)4-5-7/h4H,2-3,5H2,1H3. The van der Waals surface area contributed by atoms with Crippen molar-refractivity contribution in [1.82, 2.24) is 0 Å². The third kappa shape index (κ3) is 3.87. The van der Waals surface area contributed by atoms with Gasteiger partial charge in [-0.25, -0.2) is 0 Å². The van der Waals surface area contributed by atoms with E-state index in [-0.39, 0.29) is 0 Å². The summed E-state index contributed by atoms with van der Waals surface area (Å²) in [6.07, 6.45) is 2.92. The van der Waals surface area contributed by atoms with Gasteiger partial charge in [0.2, 0.25) is 0 Å². The van der Waals surface area contributed by atoms with Gasteiger partial charge in [-0.15, -0.1) is 11.6 Å². The number of halogens is 1. The van der Waals surface area contributed by atoms with Crippen molar-refractivity contribution >= 4 is 11.6 Å². The van der Waals surface area contributed by atoms with E-state index in [1.54, 1.807) is 0 Å². The van der Waals surface area contributed by atoms with E-state index in [9.17, 15) is 0 Å². The molecule has 0 aliphatic carbocycles. The Labute approximate surface area is 50.2 Å². The summed E-state index contributed by atoms with van der Waals surface area (Å²) in [5.41, 5.74) is 1.12. The zero-order chi connectivity index (χ0) is 5.70. The molecule has 0 atom stereocenters. The molecule has 0 aliphatic rings. The van der Waals surface area contributed by atoms with Crippen molar-refractivity contribution in [1.29, 1.82) is 0 Å². The van der Waals surface area contributed by atoms with E-state index >= 15 is 0 Å². The molecule has 0 rings (SSSR count). The van der Waals surface area contributed by atoms with E-state index in [2.05, 4.69) is 13.8 Å². The van der Waals surface area contributed by atoms with Gasteiger partial charge in [-0.05, 0) is 13.3 Å². The van der Waals surface area contributed by atoms with Gasteiger partial charge < -0.3 is 0 Å². The molecule has 0 fully saturated rings. The van der Waals surface area contributed by atoms with Gasteiger partial charge in [0.1, 0.15) is 0 Å². The van der Waals surface area contributed by atoms with Crippen molar-refractivity contribution in [3.8, 4) is 0 Å². The van der Waals surface area contributed by atoms with E-state index in [0.717, 1.165) is 12.0 Å². The van der Waals surface area contributed by atoms with Crippen molar-refractivity contribution in [3.63, 3.8) is 0 Å². The van der Waals surface area contributed by atoms with Crippen LogP contribution in [0.2, 0.25) is 0 Å². The lowest BCUT2D eigenvalue weighted by Gasteiger charge is -1.87. The summed E-state index contributed by atoms with van der Waals surface area (Å²) in [6, 6.07) is 0. The predicted octanol–water partition coefficient (Wildman–Crippen LogP) is 2.40. The minimum absolute atomic E-state index is 0.590. The van der Waals surface area contributed by atoms with Crippen LogP contribution in [0.1, 0.15) is 13.3 Å². The summed E-state index contributed by atoms with van der Waals surface area (Å²) in [7, 11) is 0. The lowest BCUT2D eigenvalue weighted by Crippen LogP contribution is -1.70. The van der Waals surface area contributed by atoms with Crippen LogP contribution < -0.4 is 0 Å². The van der Waals surface area contributed by atoms with Crippen LogP contribution in [0.25, 0.3) is 0 Å². The molecule has 0 bridgehead atoms. The van der Waals surface area contributed by atoms with Crippen LogP contribution in [-0.2, 0) is 0 Å². The van der Waals surface area contributed by atoms with Crippen molar-refractivity contribution in [2.45, 2.75) is 13.3 Å². The quantitative estimate of drug-likeness (QED) is 0.488. The summed E-state index contributed by atoms with van der Waals surface area (Å²) in [5.74, 6) is 0.590. The fourth-order valence-corrected chi connectivity index (χ4v) is 0.472. The zero-order valence-electron chi connectivity index (χ0n) is 4.58. The van der Waals surface area contributed by atoms with Crippen LogP contribution in [0.5, 0.6) is 0 Å². The Morgan fingerprint density at radius 2 is 2.43 bits per heavy atom. The molecule has 1 radical (unpaired) electrons. The van der Waals surface area contributed by atoms with Crippen LogP contribution in [0.3, 0.4) is 0 Å². The minimum Gasteiger partial charge on any atom is -0.122 e. The fraction of sp³-hybridized carbons (Fsp3) is 0.500. The maximum atomic E-state index is 5.36. The Kier molecular flexibility index (Phi) is 4.21. The molecule has 0 N–H and O–H groups in total. The number of hydrogen-bond acceptors (Lipinski definition) is 0. The highest BCUT2D eigenvalue weighted by Gasteiger charge is 1.77. The summed E-state index contributed by atoms with van der Waals surface area (Å²) in [6.45, 7) is 5.78. The predicted molar refractivity (Wildman–Crippen MR) is 34.5 cm³/mol. The highest BCUT2D eigenvalue weighted by molar-refractivity contribution is 6.18. The Morgan fingerprint density at radius 3 is 2.57 bits per heavy atom. The Balaban J connectivity index is 3.29. The maximum Gasteiger partial charge on any atom is 0.0406 e. The summed E-state index contributed by atoms with van der Waals surface area (Å²) in [4.78, 5) is 0. The van der Waals surface area contributed by atoms with Crippen LogP contribution >= 0.6 is 11.6 Å². The highest BCUT2D eigenvalue weighted by Crippen LogP contribution is 1.96. The second-order valence-electron chi connectivity index (χ2n) is 1.37. The van der Waals surface area contributed by atoms with Gasteiger partial charge in [-0.2, -0.15) is 0 Å². The number of alkyl halides is 1. The molecule has 1 heteroatoms. The summed E-state index contributed by atoms with van der Waals surface area (Å²) in [5, 5.41) is 0. The number of rotatable bonds is 2. The Bertz CT molecular complexity index is 64.6. The molecular weight excluding hydrogens is 108 g/mol. The van der Waals surface area contributed by atoms with Gasteiger partial charge in [0, 0.05) is 5.88 Å². The first kappa shape index (κ1) is 7.03. The van der Waals surface area contributed by atoms with Crippen LogP contribution in [-0.4, -0.2) is 5.88 Å². The molecular formula is C6H10Cl. The third-order valence-corrected chi connectivity index (χ3v) is 0.974. The second kappa shape index (κ2) is 4.20. The molecule has 0 unspecified atom stereocenters. The number of hydrogen-bond donors (Lipinski definition) is 0. The Hall–Kier alpha value is 0.0300. The lowest BCUT2D eigenvalue weighted by atomic mass is 10.2. The van der Waals surface area contributed by atoms with Crippen LogP contribution in [0.15, 0.2) is 11.6 Å². The number of allylic oxidation sites excluding steroid dienone is 2.